The number of benzene rings is 1. The summed E-state index contributed by atoms with van der Waals surface area (Å²) in [5.74, 6) is 0.494. The average molecular weight is 312 g/mol. The largest absolute Gasteiger partial charge is 0.469 e. The standard InChI is InChI=1S/C15H22ClN3O2/c1-4-17-15(18-9-8-14(20)21-3)19(2)11-12-6-5-7-13(16)10-12/h5-7,10H,4,8-9,11H2,1-3H3,(H,17,18). The normalized spacial score (nSPS) is 11.1. The third-order valence-electron chi connectivity index (χ3n) is 2.81. The number of hydrogen-bond acceptors (Lipinski definition) is 3. The van der Waals surface area contributed by atoms with Crippen LogP contribution in [0.25, 0.3) is 0 Å². The van der Waals surface area contributed by atoms with Crippen LogP contribution in [-0.2, 0) is 16.1 Å². The Morgan fingerprint density at radius 1 is 1.48 bits per heavy atom. The second-order valence-corrected chi connectivity index (χ2v) is 4.98. The molecule has 21 heavy (non-hydrogen) atoms. The van der Waals surface area contributed by atoms with Crippen LogP contribution in [0.15, 0.2) is 29.3 Å². The first-order valence-corrected chi connectivity index (χ1v) is 7.25. The topological polar surface area (TPSA) is 53.9 Å². The highest BCUT2D eigenvalue weighted by Crippen LogP contribution is 2.12. The van der Waals surface area contributed by atoms with Gasteiger partial charge < -0.3 is 15.0 Å². The van der Waals surface area contributed by atoms with Crippen molar-refractivity contribution in [3.8, 4) is 0 Å². The third-order valence-corrected chi connectivity index (χ3v) is 3.05. The zero-order chi connectivity index (χ0) is 15.7. The smallest absolute Gasteiger partial charge is 0.307 e. The first-order chi connectivity index (χ1) is 10.1. The van der Waals surface area contributed by atoms with E-state index in [2.05, 4.69) is 15.0 Å². The van der Waals surface area contributed by atoms with E-state index in [0.717, 1.165) is 18.1 Å². The van der Waals surface area contributed by atoms with Gasteiger partial charge in [0.15, 0.2) is 5.96 Å². The maximum Gasteiger partial charge on any atom is 0.307 e. The summed E-state index contributed by atoms with van der Waals surface area (Å²) in [4.78, 5) is 17.5. The number of methoxy groups -OCH3 is 1. The van der Waals surface area contributed by atoms with Crippen LogP contribution in [0.5, 0.6) is 0 Å². The predicted octanol–water partition coefficient (Wildman–Crippen LogP) is 2.30. The molecule has 0 aromatic heterocycles. The summed E-state index contributed by atoms with van der Waals surface area (Å²) in [5.41, 5.74) is 1.10. The molecule has 0 fully saturated rings. The van der Waals surface area contributed by atoms with Crippen molar-refractivity contribution in [3.63, 3.8) is 0 Å². The van der Waals surface area contributed by atoms with Crippen LogP contribution in [0.1, 0.15) is 18.9 Å². The van der Waals surface area contributed by atoms with E-state index in [0.29, 0.717) is 18.1 Å². The van der Waals surface area contributed by atoms with Crippen LogP contribution in [0.2, 0.25) is 5.02 Å². The Bertz CT molecular complexity index is 492. The van der Waals surface area contributed by atoms with E-state index in [4.69, 9.17) is 11.6 Å². The van der Waals surface area contributed by atoms with Gasteiger partial charge in [0.1, 0.15) is 0 Å². The molecular formula is C15H22ClN3O2. The van der Waals surface area contributed by atoms with Gasteiger partial charge in [-0.3, -0.25) is 9.79 Å². The highest BCUT2D eigenvalue weighted by molar-refractivity contribution is 6.30. The molecule has 0 atom stereocenters. The van der Waals surface area contributed by atoms with E-state index in [9.17, 15) is 4.79 Å². The van der Waals surface area contributed by atoms with Crippen LogP contribution in [-0.4, -0.2) is 44.1 Å². The van der Waals surface area contributed by atoms with Gasteiger partial charge in [-0.25, -0.2) is 0 Å². The molecule has 5 nitrogen and oxygen atoms in total. The van der Waals surface area contributed by atoms with Crippen LogP contribution in [0, 0.1) is 0 Å². The predicted molar refractivity (Wildman–Crippen MR) is 85.5 cm³/mol. The number of rotatable bonds is 6. The Balaban J connectivity index is 2.65. The fourth-order valence-electron chi connectivity index (χ4n) is 1.81. The van der Waals surface area contributed by atoms with Gasteiger partial charge in [0.25, 0.3) is 0 Å². The molecule has 116 valence electrons. The molecule has 0 aliphatic carbocycles. The summed E-state index contributed by atoms with van der Waals surface area (Å²) in [5, 5.41) is 3.92. The van der Waals surface area contributed by atoms with E-state index >= 15 is 0 Å². The lowest BCUT2D eigenvalue weighted by Gasteiger charge is -2.22. The van der Waals surface area contributed by atoms with Gasteiger partial charge in [-0.05, 0) is 24.6 Å². The third kappa shape index (κ3) is 6.49. The molecule has 0 radical (unpaired) electrons. The van der Waals surface area contributed by atoms with Crippen molar-refractivity contribution in [2.75, 3.05) is 27.2 Å². The Hall–Kier alpha value is -1.75. The van der Waals surface area contributed by atoms with Crippen LogP contribution in [0.3, 0.4) is 0 Å². The summed E-state index contributed by atoms with van der Waals surface area (Å²) in [6.45, 7) is 3.85. The van der Waals surface area contributed by atoms with Crippen molar-refractivity contribution < 1.29 is 9.53 Å². The summed E-state index contributed by atoms with van der Waals surface area (Å²) >= 11 is 5.99. The zero-order valence-electron chi connectivity index (χ0n) is 12.7. The summed E-state index contributed by atoms with van der Waals surface area (Å²) in [6, 6.07) is 7.71. The van der Waals surface area contributed by atoms with Crippen molar-refractivity contribution in [3.05, 3.63) is 34.9 Å². The minimum Gasteiger partial charge on any atom is -0.469 e. The molecule has 1 rings (SSSR count). The highest BCUT2D eigenvalue weighted by atomic mass is 35.5. The van der Waals surface area contributed by atoms with Gasteiger partial charge >= 0.3 is 5.97 Å². The molecule has 1 N–H and O–H groups in total. The van der Waals surface area contributed by atoms with Gasteiger partial charge in [0, 0.05) is 25.2 Å². The van der Waals surface area contributed by atoms with Crippen molar-refractivity contribution >= 4 is 23.5 Å². The maximum absolute atomic E-state index is 11.1. The molecule has 0 saturated heterocycles. The van der Waals surface area contributed by atoms with E-state index in [1.807, 2.05) is 43.1 Å². The molecule has 0 amide bonds. The monoisotopic (exact) mass is 311 g/mol. The summed E-state index contributed by atoms with van der Waals surface area (Å²) in [7, 11) is 3.32. The molecule has 6 heteroatoms. The first kappa shape index (κ1) is 17.3. The van der Waals surface area contributed by atoms with Crippen LogP contribution in [0.4, 0.5) is 0 Å². The molecule has 0 spiro atoms. The van der Waals surface area contributed by atoms with Gasteiger partial charge in [-0.2, -0.15) is 0 Å². The van der Waals surface area contributed by atoms with Gasteiger partial charge in [0.05, 0.1) is 20.1 Å². The van der Waals surface area contributed by atoms with E-state index in [-0.39, 0.29) is 12.4 Å². The average Bonchev–Trinajstić information content (AvgIpc) is 2.46. The fourth-order valence-corrected chi connectivity index (χ4v) is 2.02. The number of hydrogen-bond donors (Lipinski definition) is 1. The first-order valence-electron chi connectivity index (χ1n) is 6.87. The lowest BCUT2D eigenvalue weighted by Crippen LogP contribution is -2.38. The molecule has 0 unspecified atom stereocenters. The van der Waals surface area contributed by atoms with Gasteiger partial charge in [-0.1, -0.05) is 23.7 Å². The molecular weight excluding hydrogens is 290 g/mol. The molecule has 1 aromatic carbocycles. The van der Waals surface area contributed by atoms with E-state index in [1.54, 1.807) is 0 Å². The number of carbonyl (C=O) groups excluding carboxylic acids is 1. The lowest BCUT2D eigenvalue weighted by molar-refractivity contribution is -0.140. The minimum atomic E-state index is -0.257. The Labute approximate surface area is 130 Å². The molecule has 0 bridgehead atoms. The SMILES string of the molecule is CCNC(=NCCC(=O)OC)N(C)Cc1cccc(Cl)c1. The number of nitrogens with one attached hydrogen (secondary N) is 1. The highest BCUT2D eigenvalue weighted by Gasteiger charge is 2.07. The Morgan fingerprint density at radius 3 is 2.86 bits per heavy atom. The fraction of sp³-hybridized carbons (Fsp3) is 0.467. The van der Waals surface area contributed by atoms with Crippen molar-refractivity contribution in [1.82, 2.24) is 10.2 Å². The minimum absolute atomic E-state index is 0.257. The number of aliphatic imine (C=N–C) groups is 1. The Morgan fingerprint density at radius 2 is 2.24 bits per heavy atom. The number of carbonyl (C=O) groups is 1. The van der Waals surface area contributed by atoms with Gasteiger partial charge in [-0.15, -0.1) is 0 Å². The summed E-state index contributed by atoms with van der Waals surface area (Å²) < 4.78 is 4.60. The van der Waals surface area contributed by atoms with E-state index in [1.165, 1.54) is 7.11 Å². The zero-order valence-corrected chi connectivity index (χ0v) is 13.5. The lowest BCUT2D eigenvalue weighted by atomic mass is 10.2. The Kier molecular flexibility index (Phi) is 7.61. The molecule has 0 aliphatic rings. The van der Waals surface area contributed by atoms with Gasteiger partial charge in [0.2, 0.25) is 0 Å². The molecule has 1 aromatic rings. The van der Waals surface area contributed by atoms with E-state index < -0.39 is 0 Å². The number of halogens is 1. The number of ether oxygens (including phenoxy) is 1. The van der Waals surface area contributed by atoms with Crippen LogP contribution < -0.4 is 5.32 Å². The van der Waals surface area contributed by atoms with Crippen molar-refractivity contribution in [2.45, 2.75) is 19.9 Å². The number of nitrogens with zero attached hydrogens (tertiary/aromatic N) is 2. The molecule has 0 saturated carbocycles. The summed E-state index contributed by atoms with van der Waals surface area (Å²) in [6.07, 6.45) is 0.274. The number of esters is 1. The van der Waals surface area contributed by atoms with Crippen LogP contribution >= 0.6 is 11.6 Å². The second-order valence-electron chi connectivity index (χ2n) is 4.55. The molecule has 0 heterocycles. The maximum atomic E-state index is 11.1. The quantitative estimate of drug-likeness (QED) is 0.497. The molecule has 0 aliphatic heterocycles. The van der Waals surface area contributed by atoms with Crippen molar-refractivity contribution in [2.24, 2.45) is 4.99 Å². The second kappa shape index (κ2) is 9.23. The van der Waals surface area contributed by atoms with Crippen molar-refractivity contribution in [1.29, 1.82) is 0 Å². The number of guanidine groups is 1.